The third kappa shape index (κ3) is 76.5. The van der Waals surface area contributed by atoms with Crippen molar-refractivity contribution in [3.63, 3.8) is 0 Å². The minimum Gasteiger partial charge on any atom is -0.265 e. The average molecular weight is 531 g/mol. The standard InChI is InChI=1S/C6H12.C6H6.2C5H5N.7C2H6/c4*1-2-4-6-5-3-1;7*1-2/h1-6H2;1-6H;2*1-5H;7*1-2H3. The summed E-state index contributed by atoms with van der Waals surface area (Å²) < 4.78 is 0. The quantitative estimate of drug-likeness (QED) is 0.289. The van der Waals surface area contributed by atoms with E-state index in [-0.39, 0.29) is 0 Å². The Hall–Kier alpha value is -2.48. The van der Waals surface area contributed by atoms with E-state index < -0.39 is 0 Å². The molecular weight excluding hydrogens is 460 g/mol. The lowest BCUT2D eigenvalue weighted by Crippen LogP contribution is -1.85. The van der Waals surface area contributed by atoms with Gasteiger partial charge in [-0.05, 0) is 24.3 Å². The highest BCUT2D eigenvalue weighted by atomic mass is 14.6. The molecule has 1 aliphatic rings. The highest BCUT2D eigenvalue weighted by molar-refractivity contribution is 4.99. The molecular formula is C36H70N2. The smallest absolute Gasteiger partial charge is 0.0267 e. The molecule has 1 aliphatic carbocycles. The van der Waals surface area contributed by atoms with Crippen LogP contribution in [-0.4, -0.2) is 9.97 Å². The number of nitrogens with zero attached hydrogens (tertiary/aromatic N) is 2. The molecule has 1 saturated carbocycles. The fourth-order valence-corrected chi connectivity index (χ4v) is 2.07. The summed E-state index contributed by atoms with van der Waals surface area (Å²) in [5.74, 6) is 0. The second-order valence-corrected chi connectivity index (χ2v) is 5.33. The molecule has 0 saturated heterocycles. The Labute approximate surface area is 242 Å². The molecule has 1 aromatic carbocycles. The molecule has 0 aliphatic heterocycles. The second-order valence-electron chi connectivity index (χ2n) is 5.33. The van der Waals surface area contributed by atoms with Gasteiger partial charge in [0.2, 0.25) is 0 Å². The zero-order valence-corrected chi connectivity index (χ0v) is 28.4. The SMILES string of the molecule is C1CCCCC1.CC.CC.CC.CC.CC.CC.CC.c1ccccc1.c1ccncc1.c1ccncc1. The van der Waals surface area contributed by atoms with Crippen molar-refractivity contribution >= 4 is 0 Å². The van der Waals surface area contributed by atoms with Crippen molar-refractivity contribution in [2.24, 2.45) is 0 Å². The Morgan fingerprint density at radius 2 is 0.368 bits per heavy atom. The van der Waals surface area contributed by atoms with Crippen LogP contribution in [0.15, 0.2) is 97.6 Å². The van der Waals surface area contributed by atoms with Gasteiger partial charge in [0.15, 0.2) is 0 Å². The maximum absolute atomic E-state index is 3.78. The molecule has 2 aromatic heterocycles. The fourth-order valence-electron chi connectivity index (χ4n) is 2.07. The first kappa shape index (κ1) is 52.0. The number of benzene rings is 1. The van der Waals surface area contributed by atoms with Gasteiger partial charge in [0.05, 0.1) is 0 Å². The molecule has 0 amide bonds. The van der Waals surface area contributed by atoms with Crippen molar-refractivity contribution in [2.75, 3.05) is 0 Å². The third-order valence-corrected chi connectivity index (χ3v) is 3.30. The first-order valence-electron chi connectivity index (χ1n) is 15.7. The van der Waals surface area contributed by atoms with Crippen LogP contribution >= 0.6 is 0 Å². The van der Waals surface area contributed by atoms with Gasteiger partial charge in [-0.15, -0.1) is 0 Å². The van der Waals surface area contributed by atoms with Crippen molar-refractivity contribution < 1.29 is 0 Å². The van der Waals surface area contributed by atoms with E-state index in [1.807, 2.05) is 170 Å². The first-order chi connectivity index (χ1) is 19.0. The van der Waals surface area contributed by atoms with E-state index >= 15 is 0 Å². The van der Waals surface area contributed by atoms with Gasteiger partial charge in [-0.1, -0.05) is 184 Å². The van der Waals surface area contributed by atoms with Crippen LogP contribution in [0.5, 0.6) is 0 Å². The summed E-state index contributed by atoms with van der Waals surface area (Å²) >= 11 is 0. The maximum atomic E-state index is 3.78. The Kier molecular flexibility index (Phi) is 115. The van der Waals surface area contributed by atoms with Crippen LogP contribution in [-0.2, 0) is 0 Å². The van der Waals surface area contributed by atoms with Gasteiger partial charge in [-0.2, -0.15) is 0 Å². The monoisotopic (exact) mass is 531 g/mol. The van der Waals surface area contributed by atoms with E-state index in [0.717, 1.165) is 0 Å². The Bertz CT molecular complexity index is 372. The lowest BCUT2D eigenvalue weighted by atomic mass is 10.0. The number of pyridine rings is 2. The molecule has 2 heterocycles. The molecule has 2 heteroatoms. The van der Waals surface area contributed by atoms with Crippen LogP contribution in [0.2, 0.25) is 0 Å². The molecule has 0 atom stereocenters. The van der Waals surface area contributed by atoms with Crippen LogP contribution in [0.4, 0.5) is 0 Å². The minimum atomic E-state index is 1.50. The van der Waals surface area contributed by atoms with E-state index in [0.29, 0.717) is 0 Å². The first-order valence-corrected chi connectivity index (χ1v) is 15.7. The number of hydrogen-bond acceptors (Lipinski definition) is 2. The van der Waals surface area contributed by atoms with Crippen LogP contribution in [0.25, 0.3) is 0 Å². The van der Waals surface area contributed by atoms with E-state index in [1.54, 1.807) is 24.8 Å². The van der Waals surface area contributed by atoms with Crippen molar-refractivity contribution in [3.05, 3.63) is 97.6 Å². The molecule has 224 valence electrons. The zero-order chi connectivity index (χ0) is 31.0. The summed E-state index contributed by atoms with van der Waals surface area (Å²) in [6, 6.07) is 23.4. The number of rotatable bonds is 0. The minimum absolute atomic E-state index is 1.50. The average Bonchev–Trinajstić information content (AvgIpc) is 3.11. The molecule has 38 heavy (non-hydrogen) atoms. The summed E-state index contributed by atoms with van der Waals surface area (Å²) in [5.41, 5.74) is 0. The van der Waals surface area contributed by atoms with Crippen LogP contribution in [0.1, 0.15) is 135 Å². The summed E-state index contributed by atoms with van der Waals surface area (Å²) in [7, 11) is 0. The van der Waals surface area contributed by atoms with Gasteiger partial charge < -0.3 is 0 Å². The molecule has 0 unspecified atom stereocenters. The second kappa shape index (κ2) is 83.8. The van der Waals surface area contributed by atoms with Crippen molar-refractivity contribution in [1.82, 2.24) is 9.97 Å². The highest BCUT2D eigenvalue weighted by Crippen LogP contribution is 2.15. The number of aromatic nitrogens is 2. The fraction of sp³-hybridized carbons (Fsp3) is 0.556. The van der Waals surface area contributed by atoms with Gasteiger partial charge >= 0.3 is 0 Å². The van der Waals surface area contributed by atoms with E-state index in [9.17, 15) is 0 Å². The van der Waals surface area contributed by atoms with Gasteiger partial charge in [0.1, 0.15) is 0 Å². The van der Waals surface area contributed by atoms with E-state index in [4.69, 9.17) is 0 Å². The molecule has 1 fully saturated rings. The summed E-state index contributed by atoms with van der Waals surface area (Å²) in [6.45, 7) is 28.0. The molecule has 0 N–H and O–H groups in total. The summed E-state index contributed by atoms with van der Waals surface area (Å²) in [5, 5.41) is 0. The van der Waals surface area contributed by atoms with Crippen LogP contribution < -0.4 is 0 Å². The molecule has 0 spiro atoms. The predicted octanol–water partition coefficient (Wildman–Crippen LogP) is 13.4. The molecule has 0 radical (unpaired) electrons. The van der Waals surface area contributed by atoms with Gasteiger partial charge in [0.25, 0.3) is 0 Å². The molecule has 0 bridgehead atoms. The Morgan fingerprint density at radius 3 is 0.447 bits per heavy atom. The topological polar surface area (TPSA) is 25.8 Å². The van der Waals surface area contributed by atoms with E-state index in [2.05, 4.69) is 9.97 Å². The van der Waals surface area contributed by atoms with Crippen molar-refractivity contribution in [1.29, 1.82) is 0 Å². The largest absolute Gasteiger partial charge is 0.265 e. The Morgan fingerprint density at radius 1 is 0.237 bits per heavy atom. The van der Waals surface area contributed by atoms with E-state index in [1.165, 1.54) is 38.5 Å². The normalized spacial score (nSPS) is 8.68. The third-order valence-electron chi connectivity index (χ3n) is 3.30. The lowest BCUT2D eigenvalue weighted by molar-refractivity contribution is 0.504. The van der Waals surface area contributed by atoms with Crippen LogP contribution in [0.3, 0.4) is 0 Å². The molecule has 2 nitrogen and oxygen atoms in total. The predicted molar refractivity (Wildman–Crippen MR) is 182 cm³/mol. The van der Waals surface area contributed by atoms with Gasteiger partial charge in [-0.25, -0.2) is 0 Å². The maximum Gasteiger partial charge on any atom is 0.0267 e. The van der Waals surface area contributed by atoms with Gasteiger partial charge in [-0.3, -0.25) is 9.97 Å². The molecule has 4 rings (SSSR count). The van der Waals surface area contributed by atoms with Crippen LogP contribution in [0, 0.1) is 0 Å². The van der Waals surface area contributed by atoms with Gasteiger partial charge in [0, 0.05) is 24.8 Å². The zero-order valence-electron chi connectivity index (χ0n) is 28.4. The highest BCUT2D eigenvalue weighted by Gasteiger charge is 1.95. The Balaban J connectivity index is -0.0000000586. The lowest BCUT2D eigenvalue weighted by Gasteiger charge is -2.05. The van der Waals surface area contributed by atoms with Crippen molar-refractivity contribution in [3.8, 4) is 0 Å². The summed E-state index contributed by atoms with van der Waals surface area (Å²) in [4.78, 5) is 7.57. The summed E-state index contributed by atoms with van der Waals surface area (Å²) in [6.07, 6.45) is 16.0. The van der Waals surface area contributed by atoms with Crippen molar-refractivity contribution in [2.45, 2.75) is 135 Å². The number of hydrogen-bond donors (Lipinski definition) is 0. The molecule has 3 aromatic rings.